The first kappa shape index (κ1) is 24.3. The van der Waals surface area contributed by atoms with E-state index in [0.29, 0.717) is 41.5 Å². The fourth-order valence-electron chi connectivity index (χ4n) is 6.06. The number of hydrogen-bond acceptors (Lipinski definition) is 8. The predicted octanol–water partition coefficient (Wildman–Crippen LogP) is 3.39. The summed E-state index contributed by atoms with van der Waals surface area (Å²) in [7, 11) is 2.07. The van der Waals surface area contributed by atoms with E-state index in [2.05, 4.69) is 42.2 Å². The Hall–Kier alpha value is -3.77. The van der Waals surface area contributed by atoms with E-state index in [0.717, 1.165) is 44.7 Å². The molecule has 4 aromatic rings. The summed E-state index contributed by atoms with van der Waals surface area (Å²) in [5.41, 5.74) is 1.79. The average molecular weight is 535 g/mol. The Morgan fingerprint density at radius 3 is 2.77 bits per heavy atom. The second kappa shape index (κ2) is 9.16. The van der Waals surface area contributed by atoms with Crippen LogP contribution in [0.15, 0.2) is 36.8 Å². The lowest BCUT2D eigenvalue weighted by atomic mass is 10.0. The quantitative estimate of drug-likeness (QED) is 0.416. The zero-order valence-electron chi connectivity index (χ0n) is 21.5. The molecule has 202 valence electrons. The molecule has 3 aliphatic rings. The SMILES string of the molecule is CN1CC[C@@]2(C[C@@H]2C(=O)Nc2cc3c(-c4nc5ccc(N6CCOCC6)cn5n4)cnc(C(F)F)c3cn2)C1. The van der Waals surface area contributed by atoms with E-state index in [1.165, 1.54) is 12.4 Å². The van der Waals surface area contributed by atoms with Gasteiger partial charge in [0, 0.05) is 54.3 Å². The minimum atomic E-state index is -2.78. The highest BCUT2D eigenvalue weighted by atomic mass is 19.3. The molecule has 1 spiro atoms. The van der Waals surface area contributed by atoms with E-state index in [1.807, 2.05) is 18.3 Å². The van der Waals surface area contributed by atoms with Gasteiger partial charge in [-0.1, -0.05) is 0 Å². The van der Waals surface area contributed by atoms with Crippen LogP contribution in [0.1, 0.15) is 25.0 Å². The maximum atomic E-state index is 13.8. The summed E-state index contributed by atoms with van der Waals surface area (Å²) in [5.74, 6) is 0.524. The fourth-order valence-corrected chi connectivity index (χ4v) is 6.06. The van der Waals surface area contributed by atoms with Crippen LogP contribution in [0.5, 0.6) is 0 Å². The van der Waals surface area contributed by atoms with Gasteiger partial charge >= 0.3 is 0 Å². The standard InChI is InChI=1S/C27H28F2N8O2/c1-35-5-4-27(15-35)11-20(27)26(38)32-21-10-17-18(12-30-21)23(24(28)29)31-13-19(17)25-33-22-3-2-16(14-37(22)34-25)36-6-8-39-9-7-36/h2-3,10,12-14,20,24H,4-9,11,15H2,1H3,(H,30,32,38)/t20-,27-/m1/s1. The molecule has 2 saturated heterocycles. The van der Waals surface area contributed by atoms with Gasteiger partial charge in [0.05, 0.1) is 25.1 Å². The number of halogens is 2. The van der Waals surface area contributed by atoms with E-state index in [4.69, 9.17) is 4.74 Å². The van der Waals surface area contributed by atoms with E-state index in [1.54, 1.807) is 10.6 Å². The van der Waals surface area contributed by atoms with Crippen LogP contribution in [0, 0.1) is 11.3 Å². The van der Waals surface area contributed by atoms with Crippen molar-refractivity contribution in [3.05, 3.63) is 42.5 Å². The first-order chi connectivity index (χ1) is 18.9. The molecule has 1 N–H and O–H groups in total. The molecular formula is C27H28F2N8O2. The van der Waals surface area contributed by atoms with Crippen LogP contribution in [-0.4, -0.2) is 81.8 Å². The maximum absolute atomic E-state index is 13.8. The summed E-state index contributed by atoms with van der Waals surface area (Å²) >= 11 is 0. The second-order valence-corrected chi connectivity index (χ2v) is 10.8. The van der Waals surface area contributed by atoms with Gasteiger partial charge in [-0.3, -0.25) is 9.78 Å². The van der Waals surface area contributed by atoms with Crippen LogP contribution < -0.4 is 10.2 Å². The summed E-state index contributed by atoms with van der Waals surface area (Å²) in [4.78, 5) is 30.5. The molecule has 39 heavy (non-hydrogen) atoms. The number of nitrogens with zero attached hydrogens (tertiary/aromatic N) is 7. The number of rotatable bonds is 5. The molecule has 1 amide bonds. The number of fused-ring (bicyclic) bond motifs is 2. The number of anilines is 2. The zero-order valence-corrected chi connectivity index (χ0v) is 21.5. The molecule has 6 heterocycles. The van der Waals surface area contributed by atoms with Crippen molar-refractivity contribution in [1.82, 2.24) is 29.5 Å². The second-order valence-electron chi connectivity index (χ2n) is 10.8. The van der Waals surface area contributed by atoms with Crippen molar-refractivity contribution in [2.75, 3.05) is 56.7 Å². The van der Waals surface area contributed by atoms with Gasteiger partial charge in [-0.2, -0.15) is 0 Å². The Bertz CT molecular complexity index is 1590. The van der Waals surface area contributed by atoms with Gasteiger partial charge in [0.1, 0.15) is 11.5 Å². The molecule has 1 aliphatic carbocycles. The summed E-state index contributed by atoms with van der Waals surface area (Å²) < 4.78 is 34.8. The highest BCUT2D eigenvalue weighted by molar-refractivity contribution is 6.00. The summed E-state index contributed by atoms with van der Waals surface area (Å²) in [6.45, 7) is 4.82. The Morgan fingerprint density at radius 2 is 2.00 bits per heavy atom. The summed E-state index contributed by atoms with van der Waals surface area (Å²) in [5, 5.41) is 8.24. The molecule has 1 saturated carbocycles. The van der Waals surface area contributed by atoms with Crippen molar-refractivity contribution in [3.63, 3.8) is 0 Å². The Balaban J connectivity index is 1.23. The zero-order chi connectivity index (χ0) is 26.7. The number of carbonyl (C=O) groups is 1. The molecule has 4 aromatic heterocycles. The van der Waals surface area contributed by atoms with E-state index in [9.17, 15) is 13.6 Å². The minimum absolute atomic E-state index is 0.0497. The van der Waals surface area contributed by atoms with E-state index >= 15 is 0 Å². The van der Waals surface area contributed by atoms with Gasteiger partial charge in [-0.05, 0) is 50.0 Å². The molecule has 2 atom stereocenters. The fraction of sp³-hybridized carbons (Fsp3) is 0.444. The molecule has 2 aliphatic heterocycles. The number of morpholine rings is 1. The van der Waals surface area contributed by atoms with Gasteiger partial charge < -0.3 is 19.9 Å². The molecule has 0 aromatic carbocycles. The summed E-state index contributed by atoms with van der Waals surface area (Å²) in [6, 6.07) is 5.49. The molecule has 7 rings (SSSR count). The first-order valence-corrected chi connectivity index (χ1v) is 13.2. The third kappa shape index (κ3) is 4.27. The van der Waals surface area contributed by atoms with Crippen LogP contribution >= 0.6 is 0 Å². The Labute approximate surface area is 223 Å². The number of aromatic nitrogens is 5. The molecule has 3 fully saturated rings. The monoisotopic (exact) mass is 534 g/mol. The molecule has 0 radical (unpaired) electrons. The molecular weight excluding hydrogens is 506 g/mol. The molecule has 0 bridgehead atoms. The van der Waals surface area contributed by atoms with Crippen molar-refractivity contribution in [2.24, 2.45) is 11.3 Å². The number of nitrogens with one attached hydrogen (secondary N) is 1. The van der Waals surface area contributed by atoms with E-state index in [-0.39, 0.29) is 28.3 Å². The van der Waals surface area contributed by atoms with Crippen LogP contribution in [0.4, 0.5) is 20.3 Å². The van der Waals surface area contributed by atoms with Crippen LogP contribution in [0.3, 0.4) is 0 Å². The Kier molecular flexibility index (Phi) is 5.70. The lowest BCUT2D eigenvalue weighted by molar-refractivity contribution is -0.118. The van der Waals surface area contributed by atoms with Gasteiger partial charge in [0.2, 0.25) is 5.91 Å². The lowest BCUT2D eigenvalue weighted by Crippen LogP contribution is -2.36. The largest absolute Gasteiger partial charge is 0.378 e. The van der Waals surface area contributed by atoms with E-state index < -0.39 is 6.43 Å². The number of hydrogen-bond donors (Lipinski definition) is 1. The molecule has 10 nitrogen and oxygen atoms in total. The number of ether oxygens (including phenoxy) is 1. The normalized spacial score (nSPS) is 23.4. The Morgan fingerprint density at radius 1 is 1.15 bits per heavy atom. The smallest absolute Gasteiger partial charge is 0.281 e. The van der Waals surface area contributed by atoms with Crippen molar-refractivity contribution < 1.29 is 18.3 Å². The topological polar surface area (TPSA) is 101 Å². The number of carbonyl (C=O) groups excluding carboxylic acids is 1. The third-order valence-electron chi connectivity index (χ3n) is 8.28. The van der Waals surface area contributed by atoms with Crippen LogP contribution in [0.2, 0.25) is 0 Å². The first-order valence-electron chi connectivity index (χ1n) is 13.2. The molecule has 12 heteroatoms. The average Bonchev–Trinajstić information content (AvgIpc) is 3.27. The third-order valence-corrected chi connectivity index (χ3v) is 8.28. The van der Waals surface area contributed by atoms with Crippen LogP contribution in [-0.2, 0) is 9.53 Å². The van der Waals surface area contributed by atoms with Crippen molar-refractivity contribution in [1.29, 1.82) is 0 Å². The lowest BCUT2D eigenvalue weighted by Gasteiger charge is -2.28. The number of pyridine rings is 3. The number of alkyl halides is 2. The van der Waals surface area contributed by atoms with Gasteiger partial charge in [-0.25, -0.2) is 23.3 Å². The van der Waals surface area contributed by atoms with Crippen LogP contribution in [0.25, 0.3) is 27.8 Å². The van der Waals surface area contributed by atoms with Crippen molar-refractivity contribution in [3.8, 4) is 11.4 Å². The highest BCUT2D eigenvalue weighted by Gasteiger charge is 2.60. The van der Waals surface area contributed by atoms with Crippen molar-refractivity contribution >= 4 is 33.8 Å². The summed E-state index contributed by atoms with van der Waals surface area (Å²) in [6.07, 6.45) is 3.71. The van der Waals surface area contributed by atoms with Gasteiger partial charge in [-0.15, -0.1) is 5.10 Å². The minimum Gasteiger partial charge on any atom is -0.378 e. The number of amides is 1. The van der Waals surface area contributed by atoms with Crippen molar-refractivity contribution in [2.45, 2.75) is 19.3 Å². The number of likely N-dealkylation sites (tertiary alicyclic amines) is 1. The highest BCUT2D eigenvalue weighted by Crippen LogP contribution is 2.58. The predicted molar refractivity (Wildman–Crippen MR) is 141 cm³/mol. The molecule has 0 unspecified atom stereocenters. The van der Waals surface area contributed by atoms with Gasteiger partial charge in [0.25, 0.3) is 6.43 Å². The van der Waals surface area contributed by atoms with Gasteiger partial charge in [0.15, 0.2) is 11.5 Å². The maximum Gasteiger partial charge on any atom is 0.281 e.